The van der Waals surface area contributed by atoms with E-state index in [9.17, 15) is 9.90 Å². The third-order valence-corrected chi connectivity index (χ3v) is 3.34. The predicted molar refractivity (Wildman–Crippen MR) is 78.8 cm³/mol. The number of carbonyl (C=O) groups is 1. The number of hydrogen-bond donors (Lipinski definition) is 2. The molecule has 1 heterocycles. The van der Waals surface area contributed by atoms with Crippen molar-refractivity contribution in [3.8, 4) is 5.75 Å². The lowest BCUT2D eigenvalue weighted by Gasteiger charge is -2.03. The van der Waals surface area contributed by atoms with E-state index >= 15 is 0 Å². The summed E-state index contributed by atoms with van der Waals surface area (Å²) in [7, 11) is 1.82. The zero-order valence-electron chi connectivity index (χ0n) is 11.0. The molecule has 20 heavy (non-hydrogen) atoms. The molecule has 0 atom stereocenters. The zero-order valence-corrected chi connectivity index (χ0v) is 12.5. The van der Waals surface area contributed by atoms with Crippen LogP contribution in [0, 0.1) is 6.92 Å². The molecular formula is C13H13BrN4O2. The van der Waals surface area contributed by atoms with Crippen molar-refractivity contribution in [1.29, 1.82) is 0 Å². The number of phenolic OH excluding ortho intramolecular Hbond substituents is 1. The molecule has 0 spiro atoms. The molecule has 1 amide bonds. The maximum absolute atomic E-state index is 11.8. The second kappa shape index (κ2) is 5.87. The Hall–Kier alpha value is -2.15. The van der Waals surface area contributed by atoms with E-state index in [0.29, 0.717) is 4.47 Å². The molecule has 6 nitrogen and oxygen atoms in total. The molecule has 0 fully saturated rings. The Kier molecular flexibility index (Phi) is 4.19. The standard InChI is InChI=1S/C13H13BrN4O2/c1-8-9(7-16-18(8)2)6-15-17-13(20)11-4-3-10(14)5-12(11)19/h3-7,19H,1-2H3,(H,17,20). The fourth-order valence-electron chi connectivity index (χ4n) is 1.56. The maximum atomic E-state index is 11.8. The molecule has 1 aromatic carbocycles. The van der Waals surface area contributed by atoms with Crippen LogP contribution in [0.2, 0.25) is 0 Å². The lowest BCUT2D eigenvalue weighted by Crippen LogP contribution is -2.17. The van der Waals surface area contributed by atoms with Crippen LogP contribution < -0.4 is 5.43 Å². The first kappa shape index (κ1) is 14.3. The van der Waals surface area contributed by atoms with E-state index < -0.39 is 5.91 Å². The number of rotatable bonds is 3. The van der Waals surface area contributed by atoms with Crippen LogP contribution >= 0.6 is 15.9 Å². The molecule has 0 bridgehead atoms. The number of carbonyl (C=O) groups excluding carboxylic acids is 1. The Bertz CT molecular complexity index is 679. The van der Waals surface area contributed by atoms with Crippen molar-refractivity contribution < 1.29 is 9.90 Å². The molecule has 0 saturated carbocycles. The Balaban J connectivity index is 2.07. The van der Waals surface area contributed by atoms with Crippen molar-refractivity contribution in [3.05, 3.63) is 45.7 Å². The minimum Gasteiger partial charge on any atom is -0.507 e. The van der Waals surface area contributed by atoms with E-state index in [1.54, 1.807) is 16.9 Å². The maximum Gasteiger partial charge on any atom is 0.275 e. The Labute approximate surface area is 124 Å². The van der Waals surface area contributed by atoms with Gasteiger partial charge in [-0.15, -0.1) is 0 Å². The van der Waals surface area contributed by atoms with Crippen LogP contribution in [0.1, 0.15) is 21.6 Å². The van der Waals surface area contributed by atoms with Crippen molar-refractivity contribution in [3.63, 3.8) is 0 Å². The summed E-state index contributed by atoms with van der Waals surface area (Å²) in [4.78, 5) is 11.8. The molecule has 0 saturated heterocycles. The predicted octanol–water partition coefficient (Wildman–Crippen LogP) is 1.96. The van der Waals surface area contributed by atoms with Crippen LogP contribution in [0.5, 0.6) is 5.75 Å². The van der Waals surface area contributed by atoms with Crippen molar-refractivity contribution in [2.75, 3.05) is 0 Å². The largest absolute Gasteiger partial charge is 0.507 e. The number of nitrogens with zero attached hydrogens (tertiary/aromatic N) is 3. The summed E-state index contributed by atoms with van der Waals surface area (Å²) in [5.41, 5.74) is 4.27. The zero-order chi connectivity index (χ0) is 14.7. The molecule has 0 unspecified atom stereocenters. The molecule has 2 rings (SSSR count). The topological polar surface area (TPSA) is 79.5 Å². The molecule has 104 valence electrons. The molecule has 0 aliphatic rings. The normalized spacial score (nSPS) is 10.9. The van der Waals surface area contributed by atoms with E-state index in [-0.39, 0.29) is 11.3 Å². The van der Waals surface area contributed by atoms with Gasteiger partial charge in [0.05, 0.1) is 18.0 Å². The molecular weight excluding hydrogens is 324 g/mol. The van der Waals surface area contributed by atoms with E-state index in [1.165, 1.54) is 18.3 Å². The first-order chi connectivity index (χ1) is 9.49. The lowest BCUT2D eigenvalue weighted by molar-refractivity contribution is 0.0952. The molecule has 0 aliphatic heterocycles. The van der Waals surface area contributed by atoms with Gasteiger partial charge in [-0.25, -0.2) is 5.43 Å². The van der Waals surface area contributed by atoms with Gasteiger partial charge in [0.1, 0.15) is 5.75 Å². The van der Waals surface area contributed by atoms with Crippen LogP contribution in [0.25, 0.3) is 0 Å². The van der Waals surface area contributed by atoms with Gasteiger partial charge in [-0.2, -0.15) is 10.2 Å². The fraction of sp³-hybridized carbons (Fsp3) is 0.154. The Morgan fingerprint density at radius 2 is 2.30 bits per heavy atom. The third-order valence-electron chi connectivity index (χ3n) is 2.85. The minimum atomic E-state index is -0.479. The van der Waals surface area contributed by atoms with E-state index in [2.05, 4.69) is 31.6 Å². The highest BCUT2D eigenvalue weighted by molar-refractivity contribution is 9.10. The van der Waals surface area contributed by atoms with Crippen molar-refractivity contribution >= 4 is 28.1 Å². The highest BCUT2D eigenvalue weighted by atomic mass is 79.9. The highest BCUT2D eigenvalue weighted by Gasteiger charge is 2.10. The van der Waals surface area contributed by atoms with Gasteiger partial charge in [-0.3, -0.25) is 9.48 Å². The van der Waals surface area contributed by atoms with Crippen LogP contribution in [-0.4, -0.2) is 27.0 Å². The Morgan fingerprint density at radius 1 is 1.55 bits per heavy atom. The number of nitrogens with one attached hydrogen (secondary N) is 1. The summed E-state index contributed by atoms with van der Waals surface area (Å²) in [5.74, 6) is -0.586. The van der Waals surface area contributed by atoms with Crippen LogP contribution in [0.15, 0.2) is 34.0 Å². The first-order valence-electron chi connectivity index (χ1n) is 5.79. The van der Waals surface area contributed by atoms with Crippen LogP contribution in [0.3, 0.4) is 0 Å². The van der Waals surface area contributed by atoms with Crippen molar-refractivity contribution in [2.24, 2.45) is 12.1 Å². The van der Waals surface area contributed by atoms with Crippen molar-refractivity contribution in [1.82, 2.24) is 15.2 Å². The number of benzene rings is 1. The number of aromatic hydroxyl groups is 1. The number of amides is 1. The first-order valence-corrected chi connectivity index (χ1v) is 6.59. The number of aryl methyl sites for hydroxylation is 1. The van der Waals surface area contributed by atoms with E-state index in [0.717, 1.165) is 11.3 Å². The van der Waals surface area contributed by atoms with Gasteiger partial charge in [0.15, 0.2) is 0 Å². The summed E-state index contributed by atoms with van der Waals surface area (Å²) >= 11 is 3.21. The molecule has 0 radical (unpaired) electrons. The molecule has 0 aliphatic carbocycles. The second-order valence-electron chi connectivity index (χ2n) is 4.17. The minimum absolute atomic E-state index is 0.107. The molecule has 1 aromatic heterocycles. The van der Waals surface area contributed by atoms with E-state index in [1.807, 2.05) is 14.0 Å². The van der Waals surface area contributed by atoms with Gasteiger partial charge in [-0.05, 0) is 25.1 Å². The highest BCUT2D eigenvalue weighted by Crippen LogP contribution is 2.21. The number of phenols is 1. The monoisotopic (exact) mass is 336 g/mol. The van der Waals surface area contributed by atoms with Gasteiger partial charge < -0.3 is 5.11 Å². The lowest BCUT2D eigenvalue weighted by atomic mass is 10.2. The number of hydrazone groups is 1. The summed E-state index contributed by atoms with van der Waals surface area (Å²) in [5, 5.41) is 17.6. The van der Waals surface area contributed by atoms with Gasteiger partial charge in [0.25, 0.3) is 5.91 Å². The second-order valence-corrected chi connectivity index (χ2v) is 5.09. The summed E-state index contributed by atoms with van der Waals surface area (Å²) in [6, 6.07) is 4.63. The molecule has 7 heteroatoms. The number of aromatic nitrogens is 2. The Morgan fingerprint density at radius 3 is 2.90 bits per heavy atom. The summed E-state index contributed by atoms with van der Waals surface area (Å²) < 4.78 is 2.41. The fourth-order valence-corrected chi connectivity index (χ4v) is 1.91. The SMILES string of the molecule is Cc1c(C=NNC(=O)c2ccc(Br)cc2O)cnn1C. The number of hydrogen-bond acceptors (Lipinski definition) is 4. The average molecular weight is 337 g/mol. The van der Waals surface area contributed by atoms with Gasteiger partial charge in [0.2, 0.25) is 0 Å². The van der Waals surface area contributed by atoms with Gasteiger partial charge in [0, 0.05) is 22.8 Å². The van der Waals surface area contributed by atoms with Gasteiger partial charge >= 0.3 is 0 Å². The van der Waals surface area contributed by atoms with Crippen LogP contribution in [0.4, 0.5) is 0 Å². The third kappa shape index (κ3) is 3.05. The quantitative estimate of drug-likeness (QED) is 0.664. The molecule has 2 N–H and O–H groups in total. The van der Waals surface area contributed by atoms with E-state index in [4.69, 9.17) is 0 Å². The summed E-state index contributed by atoms with van der Waals surface area (Å²) in [6.07, 6.45) is 3.16. The molecule has 2 aromatic rings. The van der Waals surface area contributed by atoms with Crippen LogP contribution in [-0.2, 0) is 7.05 Å². The number of halogens is 1. The smallest absolute Gasteiger partial charge is 0.275 e. The average Bonchev–Trinajstić information content (AvgIpc) is 2.70. The van der Waals surface area contributed by atoms with Crippen molar-refractivity contribution in [2.45, 2.75) is 6.92 Å². The summed E-state index contributed by atoms with van der Waals surface area (Å²) in [6.45, 7) is 1.90. The van der Waals surface area contributed by atoms with Gasteiger partial charge in [-0.1, -0.05) is 15.9 Å².